The molecule has 1 aliphatic carbocycles. The molecule has 2 saturated heterocycles. The van der Waals surface area contributed by atoms with Gasteiger partial charge in [-0.3, -0.25) is 4.90 Å². The second-order valence-corrected chi connectivity index (χ2v) is 4.76. The van der Waals surface area contributed by atoms with Crippen LogP contribution in [0.2, 0.25) is 0 Å². The minimum Gasteiger partial charge on any atom is -0.388 e. The molecule has 0 bridgehead atoms. The van der Waals surface area contributed by atoms with E-state index in [4.69, 9.17) is 0 Å². The lowest BCUT2D eigenvalue weighted by Gasteiger charge is -2.37. The van der Waals surface area contributed by atoms with Crippen LogP contribution in [0.4, 0.5) is 0 Å². The average molecular weight is 197 g/mol. The van der Waals surface area contributed by atoms with Gasteiger partial charge < -0.3 is 5.11 Å². The molecule has 2 heterocycles. The summed E-state index contributed by atoms with van der Waals surface area (Å²) < 4.78 is 0. The Bertz CT molecular complexity index is 200. The van der Waals surface area contributed by atoms with Crippen molar-refractivity contribution in [1.29, 1.82) is 0 Å². The zero-order valence-corrected chi connectivity index (χ0v) is 9.55. The first-order chi connectivity index (χ1) is 6.77. The molecule has 3 rings (SSSR count). The van der Waals surface area contributed by atoms with Crippen molar-refractivity contribution < 1.29 is 5.11 Å². The van der Waals surface area contributed by atoms with Crippen LogP contribution in [0.15, 0.2) is 0 Å². The maximum atomic E-state index is 10.2. The Kier molecular flexibility index (Phi) is 2.61. The normalized spacial score (nSPS) is 31.9. The van der Waals surface area contributed by atoms with Crippen LogP contribution < -0.4 is 0 Å². The molecule has 0 amide bonds. The van der Waals surface area contributed by atoms with Gasteiger partial charge in [-0.05, 0) is 51.6 Å². The quantitative estimate of drug-likeness (QED) is 0.696. The number of nitrogens with zero attached hydrogens (tertiary/aromatic N) is 1. The van der Waals surface area contributed by atoms with Gasteiger partial charge in [0.15, 0.2) is 0 Å². The Morgan fingerprint density at radius 3 is 1.86 bits per heavy atom. The zero-order chi connectivity index (χ0) is 10.2. The van der Waals surface area contributed by atoms with Gasteiger partial charge in [0.2, 0.25) is 0 Å². The molecule has 0 unspecified atom stereocenters. The monoisotopic (exact) mass is 197 g/mol. The fraction of sp³-hybridized carbons (Fsp3) is 1.00. The first-order valence-electron chi connectivity index (χ1n) is 6.24. The summed E-state index contributed by atoms with van der Waals surface area (Å²) in [4.78, 5) is 2.56. The lowest BCUT2D eigenvalue weighted by Crippen LogP contribution is -2.50. The summed E-state index contributed by atoms with van der Waals surface area (Å²) >= 11 is 0. The fourth-order valence-corrected chi connectivity index (χ4v) is 3.45. The number of fused-ring (bicyclic) bond motifs is 1. The highest BCUT2D eigenvalue weighted by molar-refractivity contribution is 5.19. The molecule has 0 radical (unpaired) electrons. The first-order valence-corrected chi connectivity index (χ1v) is 6.24. The standard InChI is InChI=1S/C10H17NO.C2H6/c12-10(5-6-10)9-3-1-7-11(9)8-2-4-9;1-2/h12H,1-8H2;1-2H3. The van der Waals surface area contributed by atoms with E-state index in [1.165, 1.54) is 38.8 Å². The summed E-state index contributed by atoms with van der Waals surface area (Å²) in [7, 11) is 0. The fourth-order valence-electron chi connectivity index (χ4n) is 3.45. The van der Waals surface area contributed by atoms with Gasteiger partial charge in [0, 0.05) is 5.54 Å². The molecule has 0 atom stereocenters. The highest BCUT2D eigenvalue weighted by Gasteiger charge is 2.63. The Morgan fingerprint density at radius 2 is 1.43 bits per heavy atom. The molecular weight excluding hydrogens is 174 g/mol. The van der Waals surface area contributed by atoms with E-state index in [1.54, 1.807) is 0 Å². The third kappa shape index (κ3) is 1.24. The Morgan fingerprint density at radius 1 is 0.929 bits per heavy atom. The molecule has 14 heavy (non-hydrogen) atoms. The van der Waals surface area contributed by atoms with E-state index in [0.717, 1.165) is 12.8 Å². The minimum absolute atomic E-state index is 0.243. The summed E-state index contributed by atoms with van der Waals surface area (Å²) in [5.41, 5.74) is -0.0208. The highest BCUT2D eigenvalue weighted by Crippen LogP contribution is 2.56. The number of hydrogen-bond donors (Lipinski definition) is 1. The van der Waals surface area contributed by atoms with Gasteiger partial charge in [0.05, 0.1) is 5.60 Å². The van der Waals surface area contributed by atoms with E-state index in [9.17, 15) is 5.11 Å². The van der Waals surface area contributed by atoms with Crippen molar-refractivity contribution in [3.8, 4) is 0 Å². The smallest absolute Gasteiger partial charge is 0.0832 e. The maximum Gasteiger partial charge on any atom is 0.0832 e. The largest absolute Gasteiger partial charge is 0.388 e. The molecule has 3 fully saturated rings. The van der Waals surface area contributed by atoms with Crippen molar-refractivity contribution in [2.45, 2.75) is 63.5 Å². The Hall–Kier alpha value is -0.0800. The molecule has 0 spiro atoms. The third-order valence-corrected chi connectivity index (χ3v) is 4.23. The van der Waals surface area contributed by atoms with Gasteiger partial charge >= 0.3 is 0 Å². The highest BCUT2D eigenvalue weighted by atomic mass is 16.3. The molecule has 2 aliphatic heterocycles. The molecular formula is C12H23NO. The minimum atomic E-state index is -0.264. The molecule has 2 nitrogen and oxygen atoms in total. The van der Waals surface area contributed by atoms with Crippen LogP contribution in [0, 0.1) is 0 Å². The van der Waals surface area contributed by atoms with Crippen molar-refractivity contribution in [3.05, 3.63) is 0 Å². The van der Waals surface area contributed by atoms with Crippen LogP contribution in [0.1, 0.15) is 52.4 Å². The molecule has 82 valence electrons. The lowest BCUT2D eigenvalue weighted by atomic mass is 9.85. The predicted octanol–water partition coefficient (Wildman–Crippen LogP) is 2.17. The van der Waals surface area contributed by atoms with Gasteiger partial charge in [-0.25, -0.2) is 0 Å². The summed E-state index contributed by atoms with van der Waals surface area (Å²) in [6.07, 6.45) is 7.24. The Balaban J connectivity index is 0.000000354. The van der Waals surface area contributed by atoms with Crippen LogP contribution in [0.25, 0.3) is 0 Å². The molecule has 2 heteroatoms. The lowest BCUT2D eigenvalue weighted by molar-refractivity contribution is -0.00486. The summed E-state index contributed by atoms with van der Waals surface area (Å²) in [6, 6.07) is 0. The molecule has 0 aromatic carbocycles. The molecule has 0 aromatic heterocycles. The summed E-state index contributed by atoms with van der Waals surface area (Å²) in [5.74, 6) is 0. The first kappa shape index (κ1) is 10.4. The molecule has 0 aromatic rings. The SMILES string of the molecule is CC.OC1(C23CCCN2CCC3)CC1. The van der Waals surface area contributed by atoms with Gasteiger partial charge in [0.1, 0.15) is 0 Å². The Labute approximate surface area is 87.3 Å². The van der Waals surface area contributed by atoms with Gasteiger partial charge in [0.25, 0.3) is 0 Å². The van der Waals surface area contributed by atoms with Crippen molar-refractivity contribution in [1.82, 2.24) is 4.90 Å². The van der Waals surface area contributed by atoms with Crippen molar-refractivity contribution in [3.63, 3.8) is 0 Å². The maximum absolute atomic E-state index is 10.2. The summed E-state index contributed by atoms with van der Waals surface area (Å²) in [5, 5.41) is 10.2. The van der Waals surface area contributed by atoms with Gasteiger partial charge in [-0.2, -0.15) is 0 Å². The van der Waals surface area contributed by atoms with Gasteiger partial charge in [-0.15, -0.1) is 0 Å². The molecule has 1 N–H and O–H groups in total. The van der Waals surface area contributed by atoms with E-state index in [2.05, 4.69) is 4.90 Å². The number of rotatable bonds is 1. The second kappa shape index (κ2) is 3.49. The topological polar surface area (TPSA) is 23.5 Å². The van der Waals surface area contributed by atoms with E-state index in [1.807, 2.05) is 13.8 Å². The summed E-state index contributed by atoms with van der Waals surface area (Å²) in [6.45, 7) is 6.48. The van der Waals surface area contributed by atoms with Crippen LogP contribution in [0.3, 0.4) is 0 Å². The van der Waals surface area contributed by atoms with Crippen molar-refractivity contribution in [2.24, 2.45) is 0 Å². The van der Waals surface area contributed by atoms with Crippen molar-refractivity contribution >= 4 is 0 Å². The predicted molar refractivity (Wildman–Crippen MR) is 58.3 cm³/mol. The number of aliphatic hydroxyl groups is 1. The van der Waals surface area contributed by atoms with E-state index in [0.29, 0.717) is 0 Å². The zero-order valence-electron chi connectivity index (χ0n) is 9.55. The van der Waals surface area contributed by atoms with Crippen LogP contribution in [-0.2, 0) is 0 Å². The average Bonchev–Trinajstić information content (AvgIpc) is 2.68. The number of hydrogen-bond acceptors (Lipinski definition) is 2. The molecule has 3 aliphatic rings. The second-order valence-electron chi connectivity index (χ2n) is 4.76. The molecule has 1 saturated carbocycles. The van der Waals surface area contributed by atoms with Crippen molar-refractivity contribution in [2.75, 3.05) is 13.1 Å². The van der Waals surface area contributed by atoms with E-state index >= 15 is 0 Å². The van der Waals surface area contributed by atoms with Crippen LogP contribution in [0.5, 0.6) is 0 Å². The third-order valence-electron chi connectivity index (χ3n) is 4.23. The van der Waals surface area contributed by atoms with Crippen LogP contribution in [-0.4, -0.2) is 34.2 Å². The van der Waals surface area contributed by atoms with Gasteiger partial charge in [-0.1, -0.05) is 13.8 Å². The van der Waals surface area contributed by atoms with Crippen LogP contribution >= 0.6 is 0 Å². The van der Waals surface area contributed by atoms with E-state index < -0.39 is 0 Å². The van der Waals surface area contributed by atoms with E-state index in [-0.39, 0.29) is 11.1 Å².